The van der Waals surface area contributed by atoms with Crippen molar-refractivity contribution >= 4 is 21.6 Å². The second-order valence-electron chi connectivity index (χ2n) is 5.31. The lowest BCUT2D eigenvalue weighted by Crippen LogP contribution is -2.07. The Hall–Kier alpha value is -1.48. The molecular weight excluding hydrogens is 314 g/mol. The van der Waals surface area contributed by atoms with Crippen LogP contribution in [0, 0.1) is 6.92 Å². The second kappa shape index (κ2) is 5.49. The molecule has 1 aliphatic rings. The molecule has 1 aliphatic heterocycles. The number of rotatable bonds is 3. The van der Waals surface area contributed by atoms with Gasteiger partial charge in [0, 0.05) is 22.6 Å². The van der Waals surface area contributed by atoms with Gasteiger partial charge in [0.25, 0.3) is 0 Å². The molecule has 0 aromatic heterocycles. The van der Waals surface area contributed by atoms with Crippen molar-refractivity contribution in [1.29, 1.82) is 0 Å². The average Bonchev–Trinajstić information content (AvgIpc) is 2.90. The molecule has 3 rings (SSSR count). The van der Waals surface area contributed by atoms with E-state index in [4.69, 9.17) is 4.74 Å². The van der Waals surface area contributed by atoms with Crippen LogP contribution < -0.4 is 10.1 Å². The molecule has 0 saturated carbocycles. The molecule has 3 heteroatoms. The topological polar surface area (TPSA) is 21.3 Å². The lowest BCUT2D eigenvalue weighted by atomic mass is 10.0. The van der Waals surface area contributed by atoms with Gasteiger partial charge in [-0.1, -0.05) is 12.1 Å². The first-order chi connectivity index (χ1) is 9.63. The zero-order valence-corrected chi connectivity index (χ0v) is 13.3. The molecule has 1 heterocycles. The molecular formula is C17H18BrNO. The second-order valence-corrected chi connectivity index (χ2v) is 6.17. The minimum Gasteiger partial charge on any atom is -0.493 e. The monoisotopic (exact) mass is 331 g/mol. The highest BCUT2D eigenvalue weighted by Crippen LogP contribution is 2.31. The van der Waals surface area contributed by atoms with Crippen LogP contribution in [0.1, 0.15) is 29.7 Å². The number of aryl methyl sites for hydroxylation is 1. The molecule has 0 bridgehead atoms. The van der Waals surface area contributed by atoms with E-state index >= 15 is 0 Å². The van der Waals surface area contributed by atoms with Crippen molar-refractivity contribution in [1.82, 2.24) is 0 Å². The van der Waals surface area contributed by atoms with E-state index in [0.29, 0.717) is 0 Å². The fourth-order valence-electron chi connectivity index (χ4n) is 2.54. The maximum atomic E-state index is 5.56. The van der Waals surface area contributed by atoms with Crippen LogP contribution in [0.25, 0.3) is 0 Å². The molecule has 0 spiro atoms. The van der Waals surface area contributed by atoms with Gasteiger partial charge in [-0.3, -0.25) is 0 Å². The van der Waals surface area contributed by atoms with Gasteiger partial charge >= 0.3 is 0 Å². The van der Waals surface area contributed by atoms with Gasteiger partial charge in [0.1, 0.15) is 5.75 Å². The van der Waals surface area contributed by atoms with Crippen molar-refractivity contribution in [3.8, 4) is 5.75 Å². The number of anilines is 1. The summed E-state index contributed by atoms with van der Waals surface area (Å²) in [6.07, 6.45) is 1.02. The summed E-state index contributed by atoms with van der Waals surface area (Å²) in [5.41, 5.74) is 5.00. The predicted octanol–water partition coefficient (Wildman–Crippen LogP) is 4.87. The van der Waals surface area contributed by atoms with Crippen molar-refractivity contribution in [3.63, 3.8) is 0 Å². The van der Waals surface area contributed by atoms with Crippen molar-refractivity contribution in [2.75, 3.05) is 11.9 Å². The fourth-order valence-corrected chi connectivity index (χ4v) is 2.90. The highest BCUT2D eigenvalue weighted by Gasteiger charge is 2.15. The maximum absolute atomic E-state index is 5.56. The zero-order valence-electron chi connectivity index (χ0n) is 11.7. The Morgan fingerprint density at radius 3 is 2.90 bits per heavy atom. The van der Waals surface area contributed by atoms with Gasteiger partial charge in [0.2, 0.25) is 0 Å². The first-order valence-electron chi connectivity index (χ1n) is 6.92. The van der Waals surface area contributed by atoms with Crippen molar-refractivity contribution < 1.29 is 4.74 Å². The van der Waals surface area contributed by atoms with E-state index in [0.717, 1.165) is 28.9 Å². The van der Waals surface area contributed by atoms with E-state index in [9.17, 15) is 0 Å². The zero-order chi connectivity index (χ0) is 14.1. The van der Waals surface area contributed by atoms with Gasteiger partial charge in [-0.15, -0.1) is 0 Å². The van der Waals surface area contributed by atoms with Gasteiger partial charge in [0.05, 0.1) is 6.61 Å². The number of hydrogen-bond donors (Lipinski definition) is 1. The Balaban J connectivity index is 1.82. The number of halogens is 1. The van der Waals surface area contributed by atoms with Crippen molar-refractivity contribution in [2.45, 2.75) is 26.3 Å². The first kappa shape index (κ1) is 13.5. The van der Waals surface area contributed by atoms with E-state index < -0.39 is 0 Å². The highest BCUT2D eigenvalue weighted by atomic mass is 79.9. The van der Waals surface area contributed by atoms with Crippen LogP contribution in [0.5, 0.6) is 5.75 Å². The van der Waals surface area contributed by atoms with Gasteiger partial charge in [-0.25, -0.2) is 0 Å². The standard InChI is InChI=1S/C17H18BrNO/c1-11-3-5-15(18)16(9-11)19-12(2)13-4-6-17-14(10-13)7-8-20-17/h3-6,9-10,12,19H,7-8H2,1-2H3. The Labute approximate surface area is 128 Å². The summed E-state index contributed by atoms with van der Waals surface area (Å²) in [6, 6.07) is 13.1. The number of ether oxygens (including phenoxy) is 1. The van der Waals surface area contributed by atoms with Gasteiger partial charge in [-0.2, -0.15) is 0 Å². The summed E-state index contributed by atoms with van der Waals surface area (Å²) in [4.78, 5) is 0. The number of nitrogens with one attached hydrogen (secondary N) is 1. The summed E-state index contributed by atoms with van der Waals surface area (Å²) >= 11 is 3.60. The molecule has 0 amide bonds. The Bertz CT molecular complexity index is 639. The Kier molecular flexibility index (Phi) is 3.70. The lowest BCUT2D eigenvalue weighted by Gasteiger charge is -2.18. The van der Waals surface area contributed by atoms with Crippen LogP contribution in [0.15, 0.2) is 40.9 Å². The molecule has 0 saturated heterocycles. The normalized spacial score (nSPS) is 14.6. The molecule has 104 valence electrons. The quantitative estimate of drug-likeness (QED) is 0.866. The molecule has 2 aromatic carbocycles. The fraction of sp³-hybridized carbons (Fsp3) is 0.294. The maximum Gasteiger partial charge on any atom is 0.122 e. The molecule has 1 atom stereocenters. The van der Waals surface area contributed by atoms with Crippen LogP contribution in [0.4, 0.5) is 5.69 Å². The molecule has 20 heavy (non-hydrogen) atoms. The SMILES string of the molecule is Cc1ccc(Br)c(NC(C)c2ccc3c(c2)CCO3)c1. The summed E-state index contributed by atoms with van der Waals surface area (Å²) in [5, 5.41) is 3.57. The molecule has 2 nitrogen and oxygen atoms in total. The first-order valence-corrected chi connectivity index (χ1v) is 7.71. The molecule has 2 aromatic rings. The summed E-state index contributed by atoms with van der Waals surface area (Å²) in [7, 11) is 0. The van der Waals surface area contributed by atoms with Crippen LogP contribution in [0.3, 0.4) is 0 Å². The van der Waals surface area contributed by atoms with E-state index in [1.54, 1.807) is 0 Å². The van der Waals surface area contributed by atoms with Crippen LogP contribution in [0.2, 0.25) is 0 Å². The Morgan fingerprint density at radius 2 is 2.05 bits per heavy atom. The smallest absolute Gasteiger partial charge is 0.122 e. The number of benzene rings is 2. The van der Waals surface area contributed by atoms with E-state index in [-0.39, 0.29) is 6.04 Å². The minimum absolute atomic E-state index is 0.263. The molecule has 1 unspecified atom stereocenters. The summed E-state index contributed by atoms with van der Waals surface area (Å²) < 4.78 is 6.66. The lowest BCUT2D eigenvalue weighted by molar-refractivity contribution is 0.357. The van der Waals surface area contributed by atoms with Crippen LogP contribution in [-0.4, -0.2) is 6.61 Å². The number of hydrogen-bond acceptors (Lipinski definition) is 2. The Morgan fingerprint density at radius 1 is 1.20 bits per heavy atom. The van der Waals surface area contributed by atoms with E-state index in [1.807, 2.05) is 0 Å². The summed E-state index contributed by atoms with van der Waals surface area (Å²) in [5.74, 6) is 1.04. The minimum atomic E-state index is 0.263. The molecule has 0 aliphatic carbocycles. The molecule has 1 N–H and O–H groups in total. The predicted molar refractivity (Wildman–Crippen MR) is 86.6 cm³/mol. The third kappa shape index (κ3) is 2.68. The van der Waals surface area contributed by atoms with Gasteiger partial charge < -0.3 is 10.1 Å². The van der Waals surface area contributed by atoms with Gasteiger partial charge in [-0.05, 0) is 70.7 Å². The van der Waals surface area contributed by atoms with Crippen LogP contribution >= 0.6 is 15.9 Å². The van der Waals surface area contributed by atoms with Gasteiger partial charge in [0.15, 0.2) is 0 Å². The van der Waals surface area contributed by atoms with Crippen molar-refractivity contribution in [3.05, 3.63) is 57.6 Å². The highest BCUT2D eigenvalue weighted by molar-refractivity contribution is 9.10. The van der Waals surface area contributed by atoms with Crippen LogP contribution in [-0.2, 0) is 6.42 Å². The third-order valence-corrected chi connectivity index (χ3v) is 4.40. The largest absolute Gasteiger partial charge is 0.493 e. The third-order valence-electron chi connectivity index (χ3n) is 3.71. The average molecular weight is 332 g/mol. The summed E-state index contributed by atoms with van der Waals surface area (Å²) in [6.45, 7) is 5.10. The number of fused-ring (bicyclic) bond motifs is 1. The molecule has 0 fully saturated rings. The van der Waals surface area contributed by atoms with Crippen molar-refractivity contribution in [2.24, 2.45) is 0 Å². The molecule has 0 radical (unpaired) electrons. The van der Waals surface area contributed by atoms with E-state index in [1.165, 1.54) is 16.7 Å². The van der Waals surface area contributed by atoms with E-state index in [2.05, 4.69) is 71.5 Å².